The van der Waals surface area contributed by atoms with Gasteiger partial charge in [0.25, 0.3) is 0 Å². The Hall–Kier alpha value is -2.57. The first kappa shape index (κ1) is 22.6. The average molecular weight is 443 g/mol. The summed E-state index contributed by atoms with van der Waals surface area (Å²) in [7, 11) is 0. The molecule has 7 nitrogen and oxygen atoms in total. The fourth-order valence-corrected chi connectivity index (χ4v) is 7.23. The molecule has 4 aliphatic carbocycles. The van der Waals surface area contributed by atoms with Crippen LogP contribution in [0.3, 0.4) is 0 Å². The molecule has 0 N–H and O–H groups in total. The molecule has 0 bridgehead atoms. The van der Waals surface area contributed by atoms with Crippen molar-refractivity contribution in [1.82, 2.24) is 0 Å². The zero-order valence-electron chi connectivity index (χ0n) is 19.1. The number of carbonyl (C=O) groups is 5. The molecule has 0 spiro atoms. The minimum absolute atomic E-state index is 0.00442. The molecular weight excluding hydrogens is 412 g/mol. The second-order valence-electron chi connectivity index (χ2n) is 10.2. The monoisotopic (exact) mass is 442 g/mol. The van der Waals surface area contributed by atoms with Crippen LogP contribution < -0.4 is 0 Å². The van der Waals surface area contributed by atoms with Gasteiger partial charge in [-0.25, -0.2) is 0 Å². The molecule has 4 rings (SSSR count). The van der Waals surface area contributed by atoms with E-state index in [4.69, 9.17) is 9.47 Å². The van der Waals surface area contributed by atoms with Gasteiger partial charge in [-0.15, -0.1) is 0 Å². The predicted molar refractivity (Wildman–Crippen MR) is 113 cm³/mol. The number of ketones is 3. The highest BCUT2D eigenvalue weighted by Crippen LogP contribution is 2.66. The van der Waals surface area contributed by atoms with Gasteiger partial charge in [0.15, 0.2) is 18.0 Å². The normalized spacial score (nSPS) is 40.0. The number of esters is 2. The van der Waals surface area contributed by atoms with Gasteiger partial charge in [-0.05, 0) is 49.7 Å². The van der Waals surface area contributed by atoms with E-state index < -0.39 is 40.8 Å². The minimum Gasteiger partial charge on any atom is -0.458 e. The van der Waals surface area contributed by atoms with Crippen LogP contribution in [0, 0.1) is 28.6 Å². The molecule has 3 fully saturated rings. The van der Waals surface area contributed by atoms with Crippen molar-refractivity contribution in [3.63, 3.8) is 0 Å². The Balaban J connectivity index is 1.74. The van der Waals surface area contributed by atoms with E-state index in [1.54, 1.807) is 12.2 Å². The lowest BCUT2D eigenvalue weighted by atomic mass is 9.46. The molecule has 0 aromatic heterocycles. The Labute approximate surface area is 187 Å². The SMILES string of the molecule is CC(=O)OCC(=O)[C@@]1(OC(C)=O)CC[C@H]2[C@@H]3CCC4=CC(=O)C=C[C@]4(C)[C@H]3C(=O)C[C@@]21C. The van der Waals surface area contributed by atoms with Crippen molar-refractivity contribution in [1.29, 1.82) is 0 Å². The van der Waals surface area contributed by atoms with E-state index in [1.165, 1.54) is 13.8 Å². The molecule has 172 valence electrons. The molecule has 0 aliphatic heterocycles. The summed E-state index contributed by atoms with van der Waals surface area (Å²) in [6.07, 6.45) is 7.60. The summed E-state index contributed by atoms with van der Waals surface area (Å²) in [4.78, 5) is 62.4. The van der Waals surface area contributed by atoms with Crippen LogP contribution in [-0.4, -0.2) is 41.5 Å². The van der Waals surface area contributed by atoms with Crippen LogP contribution in [0.1, 0.15) is 59.8 Å². The first-order valence-electron chi connectivity index (χ1n) is 11.3. The number of ether oxygens (including phenoxy) is 2. The fourth-order valence-electron chi connectivity index (χ4n) is 7.23. The van der Waals surface area contributed by atoms with Crippen molar-refractivity contribution in [2.45, 2.75) is 65.4 Å². The summed E-state index contributed by atoms with van der Waals surface area (Å²) in [6, 6.07) is 0. The van der Waals surface area contributed by atoms with E-state index in [1.807, 2.05) is 19.9 Å². The van der Waals surface area contributed by atoms with Crippen LogP contribution in [0.2, 0.25) is 0 Å². The molecule has 7 heteroatoms. The third-order valence-corrected chi connectivity index (χ3v) is 8.55. The molecule has 32 heavy (non-hydrogen) atoms. The van der Waals surface area contributed by atoms with Gasteiger partial charge in [0, 0.05) is 37.0 Å². The molecule has 0 radical (unpaired) electrons. The predicted octanol–water partition coefficient (Wildman–Crippen LogP) is 2.91. The number of hydrogen-bond acceptors (Lipinski definition) is 7. The Morgan fingerprint density at radius 3 is 2.47 bits per heavy atom. The van der Waals surface area contributed by atoms with E-state index in [2.05, 4.69) is 0 Å². The second-order valence-corrected chi connectivity index (χ2v) is 10.2. The number of carbonyl (C=O) groups excluding carboxylic acids is 5. The van der Waals surface area contributed by atoms with Crippen molar-refractivity contribution in [2.24, 2.45) is 28.6 Å². The minimum atomic E-state index is -1.49. The van der Waals surface area contributed by atoms with Gasteiger partial charge in [-0.3, -0.25) is 24.0 Å². The summed E-state index contributed by atoms with van der Waals surface area (Å²) in [5, 5.41) is 0. The number of hydrogen-bond donors (Lipinski definition) is 0. The summed E-state index contributed by atoms with van der Waals surface area (Å²) in [5.41, 5.74) is -1.88. The van der Waals surface area contributed by atoms with Crippen molar-refractivity contribution in [3.05, 3.63) is 23.8 Å². The van der Waals surface area contributed by atoms with Gasteiger partial charge in [0.1, 0.15) is 5.78 Å². The zero-order chi connectivity index (χ0) is 23.5. The molecule has 0 aromatic carbocycles. The van der Waals surface area contributed by atoms with Gasteiger partial charge < -0.3 is 9.47 Å². The van der Waals surface area contributed by atoms with E-state index in [0.29, 0.717) is 12.8 Å². The first-order chi connectivity index (χ1) is 14.9. The summed E-state index contributed by atoms with van der Waals surface area (Å²) in [6.45, 7) is 5.90. The summed E-state index contributed by atoms with van der Waals surface area (Å²) < 4.78 is 10.7. The topological polar surface area (TPSA) is 104 Å². The fraction of sp³-hybridized carbons (Fsp3) is 0.640. The van der Waals surface area contributed by atoms with Gasteiger partial charge in [0.2, 0.25) is 5.78 Å². The molecule has 3 saturated carbocycles. The lowest BCUT2D eigenvalue weighted by Crippen LogP contribution is -2.62. The lowest BCUT2D eigenvalue weighted by molar-refractivity contribution is -0.191. The maximum Gasteiger partial charge on any atom is 0.303 e. The van der Waals surface area contributed by atoms with Crippen LogP contribution in [0.25, 0.3) is 0 Å². The van der Waals surface area contributed by atoms with Crippen molar-refractivity contribution < 1.29 is 33.4 Å². The number of Topliss-reactive ketones (excluding diaryl/α,β-unsaturated/α-hetero) is 2. The van der Waals surface area contributed by atoms with E-state index in [-0.39, 0.29) is 35.7 Å². The Morgan fingerprint density at radius 1 is 1.09 bits per heavy atom. The Morgan fingerprint density at radius 2 is 1.81 bits per heavy atom. The van der Waals surface area contributed by atoms with Crippen LogP contribution in [0.4, 0.5) is 0 Å². The molecule has 6 atom stereocenters. The van der Waals surface area contributed by atoms with Crippen molar-refractivity contribution in [3.8, 4) is 0 Å². The second kappa shape index (κ2) is 7.49. The Kier molecular flexibility index (Phi) is 5.30. The van der Waals surface area contributed by atoms with Crippen LogP contribution >= 0.6 is 0 Å². The first-order valence-corrected chi connectivity index (χ1v) is 11.3. The highest BCUT2D eigenvalue weighted by atomic mass is 16.6. The van der Waals surface area contributed by atoms with Gasteiger partial charge >= 0.3 is 11.9 Å². The maximum absolute atomic E-state index is 13.7. The largest absolute Gasteiger partial charge is 0.458 e. The number of allylic oxidation sites excluding steroid dienone is 4. The number of rotatable bonds is 4. The van der Waals surface area contributed by atoms with Crippen LogP contribution in [0.5, 0.6) is 0 Å². The molecule has 4 aliphatic rings. The lowest BCUT2D eigenvalue weighted by Gasteiger charge is -2.57. The molecule has 0 unspecified atom stereocenters. The van der Waals surface area contributed by atoms with Crippen molar-refractivity contribution >= 4 is 29.3 Å². The molecule has 0 saturated heterocycles. The highest BCUT2D eigenvalue weighted by molar-refractivity contribution is 6.02. The third kappa shape index (κ3) is 3.11. The maximum atomic E-state index is 13.7. The third-order valence-electron chi connectivity index (χ3n) is 8.55. The van der Waals surface area contributed by atoms with E-state index in [0.717, 1.165) is 18.4 Å². The molecule has 0 heterocycles. The quantitative estimate of drug-likeness (QED) is 0.617. The van der Waals surface area contributed by atoms with Gasteiger partial charge in [-0.1, -0.05) is 25.5 Å². The average Bonchev–Trinajstić information content (AvgIpc) is 2.98. The van der Waals surface area contributed by atoms with Crippen LogP contribution in [-0.2, 0) is 33.4 Å². The zero-order valence-corrected chi connectivity index (χ0v) is 19.1. The molecular formula is C25H30O7. The number of fused-ring (bicyclic) bond motifs is 5. The smallest absolute Gasteiger partial charge is 0.303 e. The summed E-state index contributed by atoms with van der Waals surface area (Å²) >= 11 is 0. The molecule has 0 amide bonds. The highest BCUT2D eigenvalue weighted by Gasteiger charge is 2.70. The van der Waals surface area contributed by atoms with Gasteiger partial charge in [-0.2, -0.15) is 0 Å². The van der Waals surface area contributed by atoms with E-state index >= 15 is 0 Å². The van der Waals surface area contributed by atoms with Crippen LogP contribution in [0.15, 0.2) is 23.8 Å². The standard InChI is InChI=1S/C25H30O7/c1-14(26)31-13-21(30)25(32-15(2)27)10-8-19-18-6-5-16-11-17(28)7-9-23(16,3)22(18)20(29)12-24(19,25)4/h7,9,11,18-19,22H,5-6,8,10,12-13H2,1-4H3/t18-,19-,22+,23-,24-,25-/m0/s1. The van der Waals surface area contributed by atoms with E-state index in [9.17, 15) is 24.0 Å². The summed E-state index contributed by atoms with van der Waals surface area (Å²) in [5.74, 6) is -1.93. The van der Waals surface area contributed by atoms with Gasteiger partial charge in [0.05, 0.1) is 0 Å². The Bertz CT molecular complexity index is 975. The van der Waals surface area contributed by atoms with Crippen molar-refractivity contribution in [2.75, 3.05) is 6.61 Å². The molecule has 0 aromatic rings.